The average molecular weight is 322 g/mol. The van der Waals surface area contributed by atoms with Crippen LogP contribution in [0.4, 0.5) is 4.39 Å². The molecule has 0 saturated carbocycles. The van der Waals surface area contributed by atoms with Crippen molar-refractivity contribution in [1.29, 1.82) is 0 Å². The third-order valence-corrected chi connectivity index (χ3v) is 3.85. The third kappa shape index (κ3) is 3.01. The van der Waals surface area contributed by atoms with Gasteiger partial charge in [-0.15, -0.1) is 0 Å². The lowest BCUT2D eigenvalue weighted by Gasteiger charge is -2.07. The molecular weight excluding hydrogens is 307 g/mol. The number of aromatic nitrogens is 2. The van der Waals surface area contributed by atoms with Gasteiger partial charge in [0.25, 0.3) is 0 Å². The maximum atomic E-state index is 13.8. The van der Waals surface area contributed by atoms with Crippen LogP contribution in [0.25, 0.3) is 0 Å². The Morgan fingerprint density at radius 3 is 2.50 bits per heavy atom. The molecule has 0 aliphatic rings. The molecule has 2 aromatic heterocycles. The Labute approximate surface area is 138 Å². The van der Waals surface area contributed by atoms with Crippen LogP contribution >= 0.6 is 0 Å². The molecule has 0 amide bonds. The fraction of sp³-hybridized carbons (Fsp3) is 0.105. The summed E-state index contributed by atoms with van der Waals surface area (Å²) in [4.78, 5) is 28.9. The monoisotopic (exact) mass is 322 g/mol. The second kappa shape index (κ2) is 6.58. The minimum absolute atomic E-state index is 0.00930. The average Bonchev–Trinajstić information content (AvgIpc) is 2.97. The van der Waals surface area contributed by atoms with Gasteiger partial charge in [0, 0.05) is 25.9 Å². The van der Waals surface area contributed by atoms with E-state index in [0.717, 1.165) is 5.56 Å². The van der Waals surface area contributed by atoms with Crippen LogP contribution in [-0.2, 0) is 13.5 Å². The zero-order valence-electron chi connectivity index (χ0n) is 13.1. The van der Waals surface area contributed by atoms with Crippen LogP contribution in [0.3, 0.4) is 0 Å². The largest absolute Gasteiger partial charge is 0.339 e. The van der Waals surface area contributed by atoms with Gasteiger partial charge >= 0.3 is 0 Å². The summed E-state index contributed by atoms with van der Waals surface area (Å²) in [6, 6.07) is 12.5. The molecular formula is C19H15FN2O2. The van der Waals surface area contributed by atoms with E-state index < -0.39 is 11.6 Å². The SMILES string of the molecule is Cn1c(C(=O)Cc2cccnc2)ccc1C(=O)c1ccccc1F. The van der Waals surface area contributed by atoms with E-state index in [9.17, 15) is 14.0 Å². The predicted molar refractivity (Wildman–Crippen MR) is 87.5 cm³/mol. The van der Waals surface area contributed by atoms with E-state index in [0.29, 0.717) is 5.69 Å². The van der Waals surface area contributed by atoms with Crippen LogP contribution in [0.5, 0.6) is 0 Å². The summed E-state index contributed by atoms with van der Waals surface area (Å²) in [7, 11) is 1.63. The topological polar surface area (TPSA) is 52.0 Å². The Balaban J connectivity index is 1.87. The van der Waals surface area contributed by atoms with Gasteiger partial charge in [-0.1, -0.05) is 18.2 Å². The van der Waals surface area contributed by atoms with Gasteiger partial charge in [0.1, 0.15) is 5.82 Å². The number of benzene rings is 1. The van der Waals surface area contributed by atoms with Gasteiger partial charge in [0.15, 0.2) is 5.78 Å². The normalized spacial score (nSPS) is 10.6. The molecule has 2 heterocycles. The minimum Gasteiger partial charge on any atom is -0.339 e. The number of carbonyl (C=O) groups excluding carboxylic acids is 2. The number of rotatable bonds is 5. The van der Waals surface area contributed by atoms with Crippen molar-refractivity contribution in [3.05, 3.63) is 89.3 Å². The van der Waals surface area contributed by atoms with Crippen LogP contribution in [-0.4, -0.2) is 21.1 Å². The van der Waals surface area contributed by atoms with E-state index in [4.69, 9.17) is 0 Å². The molecule has 120 valence electrons. The standard InChI is InChI=1S/C19H15FN2O2/c1-22-16(18(23)11-13-5-4-10-21-12-13)8-9-17(22)19(24)14-6-2-3-7-15(14)20/h2-10,12H,11H2,1H3. The number of ketones is 2. The molecule has 0 N–H and O–H groups in total. The number of hydrogen-bond acceptors (Lipinski definition) is 3. The summed E-state index contributed by atoms with van der Waals surface area (Å²) >= 11 is 0. The maximum absolute atomic E-state index is 13.8. The second-order valence-electron chi connectivity index (χ2n) is 5.43. The smallest absolute Gasteiger partial charge is 0.212 e. The molecule has 0 aliphatic heterocycles. The van der Waals surface area contributed by atoms with Gasteiger partial charge in [0.2, 0.25) is 5.78 Å². The first-order chi connectivity index (χ1) is 11.6. The van der Waals surface area contributed by atoms with Crippen LogP contribution in [0.15, 0.2) is 60.9 Å². The van der Waals surface area contributed by atoms with Gasteiger partial charge < -0.3 is 4.57 Å². The summed E-state index contributed by atoms with van der Waals surface area (Å²) in [5.74, 6) is -1.15. The van der Waals surface area contributed by atoms with E-state index in [1.165, 1.54) is 22.8 Å². The van der Waals surface area contributed by atoms with Crippen LogP contribution in [0.2, 0.25) is 0 Å². The molecule has 0 atom stereocenters. The summed E-state index contributed by atoms with van der Waals surface area (Å²) < 4.78 is 15.3. The lowest BCUT2D eigenvalue weighted by atomic mass is 10.1. The zero-order chi connectivity index (χ0) is 17.1. The molecule has 0 spiro atoms. The van der Waals surface area contributed by atoms with E-state index in [2.05, 4.69) is 4.98 Å². The number of Topliss-reactive ketones (excluding diaryl/α,β-unsaturated/α-hetero) is 1. The quantitative estimate of drug-likeness (QED) is 0.678. The molecule has 0 aliphatic carbocycles. The predicted octanol–water partition coefficient (Wildman–Crippen LogP) is 3.22. The summed E-state index contributed by atoms with van der Waals surface area (Å²) in [5, 5.41) is 0. The van der Waals surface area contributed by atoms with Crippen molar-refractivity contribution in [2.45, 2.75) is 6.42 Å². The van der Waals surface area contributed by atoms with Gasteiger partial charge in [-0.25, -0.2) is 4.39 Å². The molecule has 3 rings (SSSR count). The van der Waals surface area contributed by atoms with E-state index in [-0.39, 0.29) is 23.5 Å². The third-order valence-electron chi connectivity index (χ3n) is 3.85. The van der Waals surface area contributed by atoms with Crippen molar-refractivity contribution in [1.82, 2.24) is 9.55 Å². The molecule has 1 aromatic carbocycles. The molecule has 3 aromatic rings. The number of nitrogens with zero attached hydrogens (tertiary/aromatic N) is 2. The van der Waals surface area contributed by atoms with Crippen molar-refractivity contribution in [3.63, 3.8) is 0 Å². The molecule has 5 heteroatoms. The van der Waals surface area contributed by atoms with Gasteiger partial charge in [-0.2, -0.15) is 0 Å². The fourth-order valence-corrected chi connectivity index (χ4v) is 2.58. The highest BCUT2D eigenvalue weighted by atomic mass is 19.1. The van der Waals surface area contributed by atoms with Gasteiger partial charge in [-0.05, 0) is 35.9 Å². The van der Waals surface area contributed by atoms with Gasteiger partial charge in [0.05, 0.1) is 17.0 Å². The first kappa shape index (κ1) is 15.8. The Morgan fingerprint density at radius 2 is 1.79 bits per heavy atom. The van der Waals surface area contributed by atoms with Crippen molar-refractivity contribution < 1.29 is 14.0 Å². The molecule has 0 unspecified atom stereocenters. The number of hydrogen-bond donors (Lipinski definition) is 0. The second-order valence-corrected chi connectivity index (χ2v) is 5.43. The first-order valence-electron chi connectivity index (χ1n) is 7.45. The molecule has 24 heavy (non-hydrogen) atoms. The Hall–Kier alpha value is -3.08. The van der Waals surface area contributed by atoms with Crippen LogP contribution in [0, 0.1) is 5.82 Å². The molecule has 0 saturated heterocycles. The van der Waals surface area contributed by atoms with E-state index in [1.54, 1.807) is 43.7 Å². The first-order valence-corrected chi connectivity index (χ1v) is 7.45. The molecule has 0 fully saturated rings. The highest BCUT2D eigenvalue weighted by Crippen LogP contribution is 2.17. The highest BCUT2D eigenvalue weighted by molar-refractivity contribution is 6.09. The molecule has 0 radical (unpaired) electrons. The van der Waals surface area contributed by atoms with Crippen molar-refractivity contribution in [2.24, 2.45) is 7.05 Å². The summed E-state index contributed by atoms with van der Waals surface area (Å²) in [6.07, 6.45) is 3.47. The Morgan fingerprint density at radius 1 is 1.04 bits per heavy atom. The lowest BCUT2D eigenvalue weighted by molar-refractivity contribution is 0.0984. The number of carbonyl (C=O) groups is 2. The maximum Gasteiger partial charge on any atom is 0.212 e. The van der Waals surface area contributed by atoms with Crippen molar-refractivity contribution >= 4 is 11.6 Å². The van der Waals surface area contributed by atoms with Crippen molar-refractivity contribution in [3.8, 4) is 0 Å². The highest BCUT2D eigenvalue weighted by Gasteiger charge is 2.20. The number of halogens is 1. The number of pyridine rings is 1. The lowest BCUT2D eigenvalue weighted by Crippen LogP contribution is -2.14. The summed E-state index contributed by atoms with van der Waals surface area (Å²) in [6.45, 7) is 0. The van der Waals surface area contributed by atoms with Crippen LogP contribution < -0.4 is 0 Å². The van der Waals surface area contributed by atoms with Crippen LogP contribution in [0.1, 0.15) is 32.1 Å². The Kier molecular flexibility index (Phi) is 4.33. The van der Waals surface area contributed by atoms with E-state index >= 15 is 0 Å². The Bertz CT molecular complexity index is 901. The molecule has 0 bridgehead atoms. The summed E-state index contributed by atoms with van der Waals surface area (Å²) in [5.41, 5.74) is 1.46. The zero-order valence-corrected chi connectivity index (χ0v) is 13.1. The van der Waals surface area contributed by atoms with Crippen molar-refractivity contribution in [2.75, 3.05) is 0 Å². The van der Waals surface area contributed by atoms with Gasteiger partial charge in [-0.3, -0.25) is 14.6 Å². The molecule has 4 nitrogen and oxygen atoms in total. The fourth-order valence-electron chi connectivity index (χ4n) is 2.58. The van der Waals surface area contributed by atoms with E-state index in [1.807, 2.05) is 6.07 Å². The minimum atomic E-state index is -0.577.